The monoisotopic (exact) mass is 1020 g/mol. The molecule has 13 aromatic carbocycles. The molecule has 0 amide bonds. The summed E-state index contributed by atoms with van der Waals surface area (Å²) in [5, 5.41) is 5.13. The molecule has 1 aliphatic rings. The molecule has 2 heteroatoms. The average Bonchev–Trinajstić information content (AvgIpc) is 3.49. The number of nitrogens with zero attached hydrogens (tertiary/aromatic N) is 1. The average molecular weight is 1020 g/mol. The summed E-state index contributed by atoms with van der Waals surface area (Å²) < 4.78 is 2.64. The van der Waals surface area contributed by atoms with E-state index >= 15 is 0 Å². The summed E-state index contributed by atoms with van der Waals surface area (Å²) in [5.41, 5.74) is 22.5. The zero-order valence-corrected chi connectivity index (χ0v) is 44.1. The van der Waals surface area contributed by atoms with Gasteiger partial charge in [-0.1, -0.05) is 249 Å². The maximum atomic E-state index is 2.45. The molecule has 1 aromatic heterocycles. The standard InChI is InChI=1S/C77H51NS/c1-3-19-63(20-4-1)77(64-21-5-2-6-22-64)73-27-11-9-23-69(73)70-48-41-62(51-74(70)77)56-37-44-66(45-38-56)78(67-46-39-57(40-47-67)68-25-14-26-72-71-24-10-12-28-75(71)79-76(68)72)65-42-35-54(36-43-65)53-29-31-55(32-30-53)59-17-13-18-60(49-59)61-34-33-52-15-7-8-16-58(52)50-61/h1-51H. The van der Waals surface area contributed by atoms with E-state index in [9.17, 15) is 0 Å². The Morgan fingerprint density at radius 1 is 0.253 bits per heavy atom. The van der Waals surface area contributed by atoms with Gasteiger partial charge in [-0.2, -0.15) is 0 Å². The van der Waals surface area contributed by atoms with Crippen LogP contribution in [-0.2, 0) is 5.41 Å². The second-order valence-electron chi connectivity index (χ2n) is 20.8. The Balaban J connectivity index is 0.781. The molecular weight excluding hydrogens is 971 g/mol. The molecule has 1 nitrogen and oxygen atoms in total. The third-order valence-corrected chi connectivity index (χ3v) is 17.6. The fraction of sp³-hybridized carbons (Fsp3) is 0.0130. The van der Waals surface area contributed by atoms with Gasteiger partial charge in [0.05, 0.1) is 5.41 Å². The van der Waals surface area contributed by atoms with Crippen molar-refractivity contribution in [1.82, 2.24) is 0 Å². The number of anilines is 3. The molecule has 0 atom stereocenters. The fourth-order valence-corrected chi connectivity index (χ4v) is 13.8. The summed E-state index contributed by atoms with van der Waals surface area (Å²) in [6.45, 7) is 0. The van der Waals surface area contributed by atoms with Gasteiger partial charge in [0, 0.05) is 37.2 Å². The Labute approximate surface area is 465 Å². The molecule has 0 N–H and O–H groups in total. The quantitative estimate of drug-likeness (QED) is 0.132. The van der Waals surface area contributed by atoms with Crippen LogP contribution in [0, 0.1) is 0 Å². The van der Waals surface area contributed by atoms with Crippen molar-refractivity contribution >= 4 is 59.3 Å². The molecule has 0 bridgehead atoms. The molecule has 0 radical (unpaired) electrons. The lowest BCUT2D eigenvalue weighted by atomic mass is 9.67. The minimum absolute atomic E-state index is 0.463. The van der Waals surface area contributed by atoms with Crippen LogP contribution in [0.3, 0.4) is 0 Å². The Morgan fingerprint density at radius 2 is 0.696 bits per heavy atom. The van der Waals surface area contributed by atoms with Crippen molar-refractivity contribution in [3.05, 3.63) is 332 Å². The smallest absolute Gasteiger partial charge is 0.0713 e. The minimum Gasteiger partial charge on any atom is -0.311 e. The summed E-state index contributed by atoms with van der Waals surface area (Å²) in [6, 6.07) is 114. The highest BCUT2D eigenvalue weighted by molar-refractivity contribution is 7.26. The minimum atomic E-state index is -0.463. The molecule has 0 aliphatic heterocycles. The maximum absolute atomic E-state index is 2.45. The van der Waals surface area contributed by atoms with E-state index in [1.54, 1.807) is 0 Å². The lowest BCUT2D eigenvalue weighted by molar-refractivity contribution is 0.769. The third kappa shape index (κ3) is 7.99. The summed E-state index contributed by atoms with van der Waals surface area (Å²) in [6.07, 6.45) is 0. The third-order valence-electron chi connectivity index (χ3n) is 16.4. The molecule has 1 aliphatic carbocycles. The summed E-state index contributed by atoms with van der Waals surface area (Å²) in [4.78, 5) is 2.39. The molecule has 0 saturated carbocycles. The molecule has 1 heterocycles. The molecule has 370 valence electrons. The van der Waals surface area contributed by atoms with Gasteiger partial charge in [-0.3, -0.25) is 0 Å². The zero-order chi connectivity index (χ0) is 52.3. The van der Waals surface area contributed by atoms with E-state index in [1.165, 1.54) is 120 Å². The van der Waals surface area contributed by atoms with Gasteiger partial charge in [0.2, 0.25) is 0 Å². The maximum Gasteiger partial charge on any atom is 0.0713 e. The van der Waals surface area contributed by atoms with E-state index in [0.29, 0.717) is 0 Å². The van der Waals surface area contributed by atoms with E-state index < -0.39 is 5.41 Å². The van der Waals surface area contributed by atoms with Crippen LogP contribution in [0.4, 0.5) is 17.1 Å². The Kier molecular flexibility index (Phi) is 11.3. The summed E-state index contributed by atoms with van der Waals surface area (Å²) >= 11 is 1.88. The van der Waals surface area contributed by atoms with Crippen molar-refractivity contribution in [2.45, 2.75) is 5.41 Å². The van der Waals surface area contributed by atoms with Gasteiger partial charge in [0.25, 0.3) is 0 Å². The van der Waals surface area contributed by atoms with Gasteiger partial charge in [-0.25, -0.2) is 0 Å². The van der Waals surface area contributed by atoms with Crippen molar-refractivity contribution in [2.24, 2.45) is 0 Å². The SMILES string of the molecule is c1ccc(C2(c3ccccc3)c3ccccc3-c3ccc(-c4ccc(N(c5ccc(-c6ccc(-c7cccc(-c8ccc9ccccc9c8)c7)cc6)cc5)c5ccc(-c6cccc7c6sc6ccccc67)cc5)cc4)cc32)cc1. The molecule has 0 unspecified atom stereocenters. The van der Waals surface area contributed by atoms with Crippen LogP contribution in [-0.4, -0.2) is 0 Å². The van der Waals surface area contributed by atoms with Gasteiger partial charge in [-0.15, -0.1) is 11.3 Å². The van der Waals surface area contributed by atoms with Gasteiger partial charge < -0.3 is 4.90 Å². The van der Waals surface area contributed by atoms with Gasteiger partial charge in [0.15, 0.2) is 0 Å². The molecule has 79 heavy (non-hydrogen) atoms. The van der Waals surface area contributed by atoms with Crippen molar-refractivity contribution in [3.8, 4) is 66.8 Å². The van der Waals surface area contributed by atoms with Gasteiger partial charge in [0.1, 0.15) is 0 Å². The summed E-state index contributed by atoms with van der Waals surface area (Å²) in [5.74, 6) is 0. The van der Waals surface area contributed by atoms with E-state index in [2.05, 4.69) is 314 Å². The van der Waals surface area contributed by atoms with Crippen LogP contribution in [0.15, 0.2) is 309 Å². The van der Waals surface area contributed by atoms with Gasteiger partial charge >= 0.3 is 0 Å². The molecule has 0 spiro atoms. The molecule has 15 rings (SSSR count). The van der Waals surface area contributed by atoms with Crippen LogP contribution in [0.1, 0.15) is 22.3 Å². The van der Waals surface area contributed by atoms with E-state index in [0.717, 1.165) is 17.1 Å². The Bertz CT molecular complexity index is 4520. The van der Waals surface area contributed by atoms with Crippen LogP contribution in [0.2, 0.25) is 0 Å². The second-order valence-corrected chi connectivity index (χ2v) is 21.8. The van der Waals surface area contributed by atoms with Crippen LogP contribution in [0.5, 0.6) is 0 Å². The first-order chi connectivity index (χ1) is 39.1. The lowest BCUT2D eigenvalue weighted by Crippen LogP contribution is -2.28. The van der Waals surface area contributed by atoms with Crippen LogP contribution in [0.25, 0.3) is 97.7 Å². The highest BCUT2D eigenvalue weighted by atomic mass is 32.1. The van der Waals surface area contributed by atoms with E-state index in [-0.39, 0.29) is 0 Å². The molecule has 0 fully saturated rings. The van der Waals surface area contributed by atoms with Crippen molar-refractivity contribution in [1.29, 1.82) is 0 Å². The van der Waals surface area contributed by atoms with Crippen molar-refractivity contribution < 1.29 is 0 Å². The van der Waals surface area contributed by atoms with Crippen molar-refractivity contribution in [2.75, 3.05) is 4.90 Å². The number of hydrogen-bond donors (Lipinski definition) is 0. The predicted molar refractivity (Wildman–Crippen MR) is 336 cm³/mol. The first kappa shape index (κ1) is 46.4. The van der Waals surface area contributed by atoms with E-state index in [1.807, 2.05) is 11.3 Å². The largest absolute Gasteiger partial charge is 0.311 e. The van der Waals surface area contributed by atoms with Crippen LogP contribution >= 0.6 is 11.3 Å². The van der Waals surface area contributed by atoms with Crippen LogP contribution < -0.4 is 4.90 Å². The zero-order valence-electron chi connectivity index (χ0n) is 43.3. The number of fused-ring (bicyclic) bond motifs is 7. The normalized spacial score (nSPS) is 12.4. The first-order valence-electron chi connectivity index (χ1n) is 27.2. The number of thiophene rings is 1. The van der Waals surface area contributed by atoms with E-state index in [4.69, 9.17) is 0 Å². The molecular formula is C77H51NS. The second kappa shape index (κ2) is 19.3. The highest BCUT2D eigenvalue weighted by Crippen LogP contribution is 2.57. The fourth-order valence-electron chi connectivity index (χ4n) is 12.5. The predicted octanol–water partition coefficient (Wildman–Crippen LogP) is 21.4. The summed E-state index contributed by atoms with van der Waals surface area (Å²) in [7, 11) is 0. The number of rotatable bonds is 10. The first-order valence-corrected chi connectivity index (χ1v) is 28.0. The molecule has 14 aromatic rings. The Hall–Kier alpha value is -9.86. The lowest BCUT2D eigenvalue weighted by Gasteiger charge is -2.34. The molecule has 0 saturated heterocycles. The topological polar surface area (TPSA) is 3.24 Å². The Morgan fingerprint density at radius 3 is 1.37 bits per heavy atom. The number of benzene rings is 13. The highest BCUT2D eigenvalue weighted by Gasteiger charge is 2.46. The van der Waals surface area contributed by atoms with Crippen molar-refractivity contribution in [3.63, 3.8) is 0 Å². The van der Waals surface area contributed by atoms with Gasteiger partial charge in [-0.05, 0) is 160 Å². The number of hydrogen-bond acceptors (Lipinski definition) is 2.